The summed E-state index contributed by atoms with van der Waals surface area (Å²) in [7, 11) is 0. The number of H-pyrrole nitrogens is 1. The molecule has 1 heterocycles. The molecule has 3 nitrogen and oxygen atoms in total. The molecule has 0 saturated heterocycles. The highest BCUT2D eigenvalue weighted by molar-refractivity contribution is 5.76. The zero-order valence-electron chi connectivity index (χ0n) is 8.79. The van der Waals surface area contributed by atoms with Crippen molar-refractivity contribution in [2.75, 3.05) is 0 Å². The Morgan fingerprint density at radius 2 is 2.33 bits per heavy atom. The predicted octanol–water partition coefficient (Wildman–Crippen LogP) is 3.05. The molecular formula is C12H16N2O. The standard InChI is InChI=1S/C12H14N2O.H2/c1-8-13-11-6-5-10(7-12(11)14-8)15-9-3-2-4-9;/h5-7,9H,2-4H2,1H3,(H,13,14);1H. The summed E-state index contributed by atoms with van der Waals surface area (Å²) in [5.41, 5.74) is 2.07. The third-order valence-corrected chi connectivity index (χ3v) is 2.93. The molecule has 0 aliphatic heterocycles. The molecule has 0 unspecified atom stereocenters. The first-order valence-corrected chi connectivity index (χ1v) is 5.44. The molecular weight excluding hydrogens is 188 g/mol. The number of hydrogen-bond acceptors (Lipinski definition) is 2. The molecule has 2 aromatic rings. The van der Waals surface area contributed by atoms with Gasteiger partial charge in [0.25, 0.3) is 0 Å². The van der Waals surface area contributed by atoms with Crippen molar-refractivity contribution < 1.29 is 6.16 Å². The second-order valence-electron chi connectivity index (χ2n) is 4.17. The molecule has 0 bridgehead atoms. The van der Waals surface area contributed by atoms with E-state index in [1.54, 1.807) is 0 Å². The van der Waals surface area contributed by atoms with E-state index in [4.69, 9.17) is 4.74 Å². The lowest BCUT2D eigenvalue weighted by Gasteiger charge is -2.26. The molecule has 1 aromatic carbocycles. The number of ether oxygens (including phenoxy) is 1. The molecule has 80 valence electrons. The minimum atomic E-state index is 0. The molecule has 1 saturated carbocycles. The molecule has 1 N–H and O–H groups in total. The number of nitrogens with zero attached hydrogens (tertiary/aromatic N) is 1. The van der Waals surface area contributed by atoms with Crippen LogP contribution in [0.15, 0.2) is 18.2 Å². The molecule has 0 radical (unpaired) electrons. The van der Waals surface area contributed by atoms with Crippen LogP contribution in [0, 0.1) is 6.92 Å². The monoisotopic (exact) mass is 204 g/mol. The van der Waals surface area contributed by atoms with Gasteiger partial charge in [-0.2, -0.15) is 0 Å². The predicted molar refractivity (Wildman–Crippen MR) is 61.2 cm³/mol. The summed E-state index contributed by atoms with van der Waals surface area (Å²) in [6.45, 7) is 1.96. The van der Waals surface area contributed by atoms with E-state index >= 15 is 0 Å². The normalized spacial score (nSPS) is 16.6. The molecule has 1 fully saturated rings. The number of hydrogen-bond donors (Lipinski definition) is 1. The van der Waals surface area contributed by atoms with Gasteiger partial charge in [0.15, 0.2) is 0 Å². The zero-order chi connectivity index (χ0) is 10.3. The highest BCUT2D eigenvalue weighted by Crippen LogP contribution is 2.26. The number of aromatic amines is 1. The quantitative estimate of drug-likeness (QED) is 0.816. The first-order valence-electron chi connectivity index (χ1n) is 5.44. The van der Waals surface area contributed by atoms with Crippen LogP contribution in [0.5, 0.6) is 5.75 Å². The highest BCUT2D eigenvalue weighted by Gasteiger charge is 2.19. The summed E-state index contributed by atoms with van der Waals surface area (Å²) in [5, 5.41) is 0. The van der Waals surface area contributed by atoms with Crippen LogP contribution in [-0.2, 0) is 0 Å². The van der Waals surface area contributed by atoms with Crippen LogP contribution in [0.4, 0.5) is 0 Å². The number of fused-ring (bicyclic) bond motifs is 1. The molecule has 0 amide bonds. The Morgan fingerprint density at radius 3 is 3.07 bits per heavy atom. The SMILES string of the molecule is Cc1nc2ccc(OC3CCC3)cc2[nH]1.[HH]. The molecule has 1 aliphatic carbocycles. The fourth-order valence-electron chi connectivity index (χ4n) is 1.87. The maximum atomic E-state index is 5.82. The van der Waals surface area contributed by atoms with Gasteiger partial charge in [-0.3, -0.25) is 0 Å². The van der Waals surface area contributed by atoms with E-state index in [1.807, 2.05) is 25.1 Å². The van der Waals surface area contributed by atoms with Crippen molar-refractivity contribution in [2.24, 2.45) is 0 Å². The van der Waals surface area contributed by atoms with Crippen molar-refractivity contribution in [1.82, 2.24) is 9.97 Å². The van der Waals surface area contributed by atoms with E-state index in [-0.39, 0.29) is 1.43 Å². The number of benzene rings is 1. The van der Waals surface area contributed by atoms with Gasteiger partial charge in [0.2, 0.25) is 0 Å². The number of imidazole rings is 1. The van der Waals surface area contributed by atoms with Crippen LogP contribution in [0.2, 0.25) is 0 Å². The van der Waals surface area contributed by atoms with Crippen molar-refractivity contribution in [3.05, 3.63) is 24.0 Å². The van der Waals surface area contributed by atoms with Crippen LogP contribution in [0.1, 0.15) is 26.5 Å². The topological polar surface area (TPSA) is 37.9 Å². The molecule has 0 spiro atoms. The Hall–Kier alpha value is -1.51. The van der Waals surface area contributed by atoms with E-state index in [9.17, 15) is 0 Å². The Labute approximate surface area is 90.0 Å². The van der Waals surface area contributed by atoms with E-state index in [1.165, 1.54) is 19.3 Å². The zero-order valence-corrected chi connectivity index (χ0v) is 8.79. The van der Waals surface area contributed by atoms with Gasteiger partial charge in [-0.15, -0.1) is 0 Å². The van der Waals surface area contributed by atoms with Crippen molar-refractivity contribution in [3.8, 4) is 5.75 Å². The van der Waals surface area contributed by atoms with Gasteiger partial charge in [0, 0.05) is 7.49 Å². The number of aromatic nitrogens is 2. The third kappa shape index (κ3) is 1.58. The Balaban J connectivity index is 0.000000963. The maximum absolute atomic E-state index is 5.82. The van der Waals surface area contributed by atoms with Crippen molar-refractivity contribution in [3.63, 3.8) is 0 Å². The van der Waals surface area contributed by atoms with Crippen molar-refractivity contribution in [1.29, 1.82) is 0 Å². The molecule has 15 heavy (non-hydrogen) atoms. The van der Waals surface area contributed by atoms with Gasteiger partial charge in [0.05, 0.1) is 17.1 Å². The highest BCUT2D eigenvalue weighted by atomic mass is 16.5. The second kappa shape index (κ2) is 3.26. The smallest absolute Gasteiger partial charge is 0.121 e. The third-order valence-electron chi connectivity index (χ3n) is 2.93. The van der Waals surface area contributed by atoms with Crippen LogP contribution in [-0.4, -0.2) is 16.1 Å². The molecule has 3 heteroatoms. The average molecular weight is 204 g/mol. The van der Waals surface area contributed by atoms with Gasteiger partial charge >= 0.3 is 0 Å². The second-order valence-corrected chi connectivity index (χ2v) is 4.17. The molecule has 1 aliphatic rings. The minimum Gasteiger partial charge on any atom is -0.490 e. The summed E-state index contributed by atoms with van der Waals surface area (Å²) in [4.78, 5) is 7.57. The minimum absolute atomic E-state index is 0. The Bertz CT molecular complexity index is 491. The molecule has 1 aromatic heterocycles. The van der Waals surface area contributed by atoms with Gasteiger partial charge in [-0.25, -0.2) is 4.98 Å². The van der Waals surface area contributed by atoms with Gasteiger partial charge < -0.3 is 9.72 Å². The fourth-order valence-corrected chi connectivity index (χ4v) is 1.87. The van der Waals surface area contributed by atoms with Gasteiger partial charge in [0.1, 0.15) is 11.6 Å². The number of aryl methyl sites for hydroxylation is 1. The maximum Gasteiger partial charge on any atom is 0.121 e. The Morgan fingerprint density at radius 1 is 1.47 bits per heavy atom. The Kier molecular flexibility index (Phi) is 1.91. The summed E-state index contributed by atoms with van der Waals surface area (Å²) >= 11 is 0. The van der Waals surface area contributed by atoms with Gasteiger partial charge in [-0.05, 0) is 38.3 Å². The van der Waals surface area contributed by atoms with Crippen LogP contribution in [0.3, 0.4) is 0 Å². The molecule has 3 rings (SSSR count). The van der Waals surface area contributed by atoms with Crippen LogP contribution >= 0.6 is 0 Å². The van der Waals surface area contributed by atoms with E-state index in [2.05, 4.69) is 9.97 Å². The lowest BCUT2D eigenvalue weighted by molar-refractivity contribution is 0.120. The summed E-state index contributed by atoms with van der Waals surface area (Å²) in [6, 6.07) is 6.04. The summed E-state index contributed by atoms with van der Waals surface area (Å²) < 4.78 is 5.82. The van der Waals surface area contributed by atoms with Crippen LogP contribution < -0.4 is 4.74 Å². The molecule has 0 atom stereocenters. The fraction of sp³-hybridized carbons (Fsp3) is 0.417. The lowest BCUT2D eigenvalue weighted by atomic mass is 9.96. The van der Waals surface area contributed by atoms with Gasteiger partial charge in [-0.1, -0.05) is 0 Å². The van der Waals surface area contributed by atoms with E-state index in [0.717, 1.165) is 22.6 Å². The van der Waals surface area contributed by atoms with Crippen LogP contribution in [0.25, 0.3) is 11.0 Å². The van der Waals surface area contributed by atoms with E-state index < -0.39 is 0 Å². The van der Waals surface area contributed by atoms with E-state index in [0.29, 0.717) is 6.10 Å². The lowest BCUT2D eigenvalue weighted by Crippen LogP contribution is -2.24. The van der Waals surface area contributed by atoms with Crippen molar-refractivity contribution in [2.45, 2.75) is 32.3 Å². The first-order chi connectivity index (χ1) is 7.31. The number of nitrogens with one attached hydrogen (secondary N) is 1. The largest absolute Gasteiger partial charge is 0.490 e. The average Bonchev–Trinajstić information content (AvgIpc) is 2.50. The number of rotatable bonds is 2. The summed E-state index contributed by atoms with van der Waals surface area (Å²) in [6.07, 6.45) is 4.13. The van der Waals surface area contributed by atoms with Crippen molar-refractivity contribution >= 4 is 11.0 Å². The summed E-state index contributed by atoms with van der Waals surface area (Å²) in [5.74, 6) is 1.90. The first kappa shape index (κ1) is 8.77.